The SMILES string of the molecule is CC(=O)c1ccc(C(=O)NC[C@H]2CC[C@@H]3CCC[C@@H]32)s1. The number of ketones is 1. The third-order valence-electron chi connectivity index (χ3n) is 4.93. The van der Waals surface area contributed by atoms with Gasteiger partial charge in [-0.25, -0.2) is 0 Å². The van der Waals surface area contributed by atoms with Gasteiger partial charge in [0, 0.05) is 6.54 Å². The Morgan fingerprint density at radius 1 is 1.20 bits per heavy atom. The fraction of sp³-hybridized carbons (Fsp3) is 0.625. The quantitative estimate of drug-likeness (QED) is 0.863. The molecule has 2 aliphatic carbocycles. The molecule has 1 amide bonds. The maximum atomic E-state index is 12.1. The average molecular weight is 291 g/mol. The molecule has 0 saturated heterocycles. The first kappa shape index (κ1) is 13.8. The maximum absolute atomic E-state index is 12.1. The van der Waals surface area contributed by atoms with Gasteiger partial charge in [0.1, 0.15) is 0 Å². The van der Waals surface area contributed by atoms with Crippen molar-refractivity contribution in [2.75, 3.05) is 6.54 Å². The Morgan fingerprint density at radius 2 is 2.00 bits per heavy atom. The number of hydrogen-bond donors (Lipinski definition) is 1. The van der Waals surface area contributed by atoms with Crippen LogP contribution in [0.2, 0.25) is 0 Å². The van der Waals surface area contributed by atoms with E-state index in [1.807, 2.05) is 0 Å². The van der Waals surface area contributed by atoms with Crippen LogP contribution in [-0.2, 0) is 0 Å². The van der Waals surface area contributed by atoms with Crippen molar-refractivity contribution in [3.63, 3.8) is 0 Å². The van der Waals surface area contributed by atoms with Gasteiger partial charge < -0.3 is 5.32 Å². The summed E-state index contributed by atoms with van der Waals surface area (Å²) in [7, 11) is 0. The largest absolute Gasteiger partial charge is 0.351 e. The van der Waals surface area contributed by atoms with Crippen molar-refractivity contribution in [2.24, 2.45) is 17.8 Å². The Morgan fingerprint density at radius 3 is 2.75 bits per heavy atom. The highest BCUT2D eigenvalue weighted by molar-refractivity contribution is 7.15. The van der Waals surface area contributed by atoms with E-state index >= 15 is 0 Å². The number of fused-ring (bicyclic) bond motifs is 1. The maximum Gasteiger partial charge on any atom is 0.261 e. The van der Waals surface area contributed by atoms with Gasteiger partial charge in [-0.15, -0.1) is 11.3 Å². The molecular formula is C16H21NO2S. The number of nitrogens with one attached hydrogen (secondary N) is 1. The van der Waals surface area contributed by atoms with Crippen molar-refractivity contribution in [2.45, 2.75) is 39.0 Å². The van der Waals surface area contributed by atoms with Crippen molar-refractivity contribution in [3.8, 4) is 0 Å². The van der Waals surface area contributed by atoms with E-state index in [1.165, 1.54) is 50.4 Å². The molecule has 2 saturated carbocycles. The van der Waals surface area contributed by atoms with Crippen LogP contribution in [0.15, 0.2) is 12.1 Å². The van der Waals surface area contributed by atoms with Crippen LogP contribution in [0.4, 0.5) is 0 Å². The van der Waals surface area contributed by atoms with E-state index < -0.39 is 0 Å². The normalized spacial score (nSPS) is 28.4. The second-order valence-electron chi connectivity index (χ2n) is 6.12. The minimum atomic E-state index is -0.0241. The summed E-state index contributed by atoms with van der Waals surface area (Å²) < 4.78 is 0. The smallest absolute Gasteiger partial charge is 0.261 e. The second-order valence-corrected chi connectivity index (χ2v) is 7.21. The topological polar surface area (TPSA) is 46.2 Å². The Bertz CT molecular complexity index is 522. The van der Waals surface area contributed by atoms with Crippen LogP contribution in [0.25, 0.3) is 0 Å². The molecule has 3 atom stereocenters. The Kier molecular flexibility index (Phi) is 3.92. The highest BCUT2D eigenvalue weighted by Crippen LogP contribution is 2.47. The molecule has 2 aliphatic rings. The van der Waals surface area contributed by atoms with E-state index in [9.17, 15) is 9.59 Å². The molecule has 108 valence electrons. The van der Waals surface area contributed by atoms with Gasteiger partial charge in [-0.1, -0.05) is 12.8 Å². The summed E-state index contributed by atoms with van der Waals surface area (Å²) in [5.74, 6) is 2.43. The molecule has 0 unspecified atom stereocenters. The molecule has 1 N–H and O–H groups in total. The number of amides is 1. The number of carbonyl (C=O) groups excluding carboxylic acids is 2. The zero-order valence-electron chi connectivity index (χ0n) is 11.9. The summed E-state index contributed by atoms with van der Waals surface area (Å²) in [6.45, 7) is 2.33. The van der Waals surface area contributed by atoms with Crippen molar-refractivity contribution in [3.05, 3.63) is 21.9 Å². The number of Topliss-reactive ketones (excluding diaryl/α,β-unsaturated/α-hetero) is 1. The lowest BCUT2D eigenvalue weighted by molar-refractivity contribution is 0.0946. The van der Waals surface area contributed by atoms with E-state index in [4.69, 9.17) is 0 Å². The molecule has 0 spiro atoms. The third kappa shape index (κ3) is 2.66. The molecule has 20 heavy (non-hydrogen) atoms. The van der Waals surface area contributed by atoms with Gasteiger partial charge >= 0.3 is 0 Å². The van der Waals surface area contributed by atoms with Crippen molar-refractivity contribution in [1.29, 1.82) is 0 Å². The molecule has 1 heterocycles. The first-order chi connectivity index (χ1) is 9.65. The van der Waals surface area contributed by atoms with E-state index in [1.54, 1.807) is 12.1 Å². The summed E-state index contributed by atoms with van der Waals surface area (Å²) in [6, 6.07) is 3.49. The minimum absolute atomic E-state index is 0.0241. The average Bonchev–Trinajstić information content (AvgIpc) is 3.12. The number of rotatable bonds is 4. The van der Waals surface area contributed by atoms with E-state index in [-0.39, 0.29) is 11.7 Å². The minimum Gasteiger partial charge on any atom is -0.351 e. The summed E-state index contributed by atoms with van der Waals surface area (Å²) in [5, 5.41) is 3.07. The molecular weight excluding hydrogens is 270 g/mol. The molecule has 3 rings (SSSR count). The first-order valence-corrected chi connectivity index (χ1v) is 8.36. The van der Waals surface area contributed by atoms with Gasteiger partial charge in [0.05, 0.1) is 9.75 Å². The molecule has 3 nitrogen and oxygen atoms in total. The monoisotopic (exact) mass is 291 g/mol. The lowest BCUT2D eigenvalue weighted by Crippen LogP contribution is -2.30. The van der Waals surface area contributed by atoms with Gasteiger partial charge in [0.2, 0.25) is 0 Å². The van der Waals surface area contributed by atoms with Crippen molar-refractivity contribution >= 4 is 23.0 Å². The summed E-state index contributed by atoms with van der Waals surface area (Å²) in [6.07, 6.45) is 6.71. The predicted molar refractivity (Wildman–Crippen MR) is 80.2 cm³/mol. The standard InChI is InChI=1S/C16H21NO2S/c1-10(18)14-7-8-15(20-14)16(19)17-9-12-6-5-11-3-2-4-13(11)12/h7-8,11-13H,2-6,9H2,1H3,(H,17,19)/t11-,12+,13-/m0/s1. The first-order valence-electron chi connectivity index (χ1n) is 7.54. The third-order valence-corrected chi connectivity index (χ3v) is 6.12. The summed E-state index contributed by atoms with van der Waals surface area (Å²) in [4.78, 5) is 24.7. The fourth-order valence-electron chi connectivity index (χ4n) is 3.90. The van der Waals surface area contributed by atoms with Gasteiger partial charge in [-0.3, -0.25) is 9.59 Å². The lowest BCUT2D eigenvalue weighted by atomic mass is 9.92. The van der Waals surface area contributed by atoms with Crippen LogP contribution in [-0.4, -0.2) is 18.2 Å². The lowest BCUT2D eigenvalue weighted by Gasteiger charge is -2.18. The summed E-state index contributed by atoms with van der Waals surface area (Å²) >= 11 is 1.29. The van der Waals surface area contributed by atoms with Gasteiger partial charge in [0.25, 0.3) is 5.91 Å². The molecule has 0 radical (unpaired) electrons. The van der Waals surface area contributed by atoms with E-state index in [2.05, 4.69) is 5.32 Å². The molecule has 0 aliphatic heterocycles. The zero-order valence-corrected chi connectivity index (χ0v) is 12.7. The molecule has 1 aromatic heterocycles. The zero-order chi connectivity index (χ0) is 14.1. The Labute approximate surface area is 123 Å². The van der Waals surface area contributed by atoms with E-state index in [0.717, 1.165) is 18.4 Å². The van der Waals surface area contributed by atoms with Crippen LogP contribution in [0, 0.1) is 17.8 Å². The molecule has 0 bridgehead atoms. The van der Waals surface area contributed by atoms with Gasteiger partial charge in [0.15, 0.2) is 5.78 Å². The molecule has 1 aromatic rings. The molecule has 2 fully saturated rings. The van der Waals surface area contributed by atoms with Crippen LogP contribution >= 0.6 is 11.3 Å². The van der Waals surface area contributed by atoms with Crippen molar-refractivity contribution in [1.82, 2.24) is 5.32 Å². The number of thiophene rings is 1. The van der Waals surface area contributed by atoms with Gasteiger partial charge in [-0.05, 0) is 56.1 Å². The highest BCUT2D eigenvalue weighted by Gasteiger charge is 2.38. The Hall–Kier alpha value is -1.16. The van der Waals surface area contributed by atoms with Gasteiger partial charge in [-0.2, -0.15) is 0 Å². The van der Waals surface area contributed by atoms with Crippen LogP contribution < -0.4 is 5.32 Å². The number of carbonyl (C=O) groups is 2. The summed E-state index contributed by atoms with van der Waals surface area (Å²) in [5.41, 5.74) is 0. The number of hydrogen-bond acceptors (Lipinski definition) is 3. The fourth-order valence-corrected chi connectivity index (χ4v) is 4.72. The second kappa shape index (κ2) is 5.68. The Balaban J connectivity index is 1.55. The van der Waals surface area contributed by atoms with E-state index in [0.29, 0.717) is 15.7 Å². The van der Waals surface area contributed by atoms with Crippen LogP contribution in [0.5, 0.6) is 0 Å². The van der Waals surface area contributed by atoms with Crippen molar-refractivity contribution < 1.29 is 9.59 Å². The highest BCUT2D eigenvalue weighted by atomic mass is 32.1. The predicted octanol–water partition coefficient (Wildman–Crippen LogP) is 3.51. The van der Waals surface area contributed by atoms with Crippen LogP contribution in [0.3, 0.4) is 0 Å². The molecule has 0 aromatic carbocycles. The molecule has 4 heteroatoms. The van der Waals surface area contributed by atoms with Crippen LogP contribution in [0.1, 0.15) is 58.4 Å².